The zero-order chi connectivity index (χ0) is 16.2. The van der Waals surface area contributed by atoms with Gasteiger partial charge in [-0.1, -0.05) is 37.3 Å². The number of nitrogens with zero attached hydrogens (tertiary/aromatic N) is 3. The smallest absolute Gasteiger partial charge is 0.257 e. The highest BCUT2D eigenvalue weighted by Crippen LogP contribution is 2.25. The predicted molar refractivity (Wildman–Crippen MR) is 91.6 cm³/mol. The Labute approximate surface area is 138 Å². The van der Waals surface area contributed by atoms with Gasteiger partial charge in [-0.2, -0.15) is 0 Å². The molecule has 0 spiro atoms. The lowest BCUT2D eigenvalue weighted by Gasteiger charge is -2.06. The maximum atomic E-state index is 12.3. The van der Waals surface area contributed by atoms with Gasteiger partial charge in [0.25, 0.3) is 5.91 Å². The molecular weight excluding hydrogens is 308 g/mol. The Hall–Kier alpha value is -2.60. The number of carbonyl (C=O) groups is 1. The third-order valence-corrected chi connectivity index (χ3v) is 4.28. The molecule has 1 N–H and O–H groups in total. The van der Waals surface area contributed by atoms with Crippen LogP contribution in [0.2, 0.25) is 0 Å². The molecule has 1 aromatic carbocycles. The number of anilines is 1. The second-order valence-corrected chi connectivity index (χ2v) is 6.36. The summed E-state index contributed by atoms with van der Waals surface area (Å²) in [6.45, 7) is 4.24. The van der Waals surface area contributed by atoms with Gasteiger partial charge in [0, 0.05) is 23.5 Å². The summed E-state index contributed by atoms with van der Waals surface area (Å²) < 4.78 is 0. The monoisotopic (exact) mass is 324 g/mol. The van der Waals surface area contributed by atoms with Crippen molar-refractivity contribution in [3.63, 3.8) is 0 Å². The highest BCUT2D eigenvalue weighted by molar-refractivity contribution is 7.18. The van der Waals surface area contributed by atoms with Crippen molar-refractivity contribution in [3.8, 4) is 10.6 Å². The number of pyridine rings is 1. The van der Waals surface area contributed by atoms with Crippen molar-refractivity contribution in [1.82, 2.24) is 15.2 Å². The van der Waals surface area contributed by atoms with Crippen molar-refractivity contribution < 1.29 is 4.79 Å². The van der Waals surface area contributed by atoms with Crippen molar-refractivity contribution in [1.29, 1.82) is 0 Å². The normalized spacial score (nSPS) is 10.7. The summed E-state index contributed by atoms with van der Waals surface area (Å²) in [5, 5.41) is 12.1. The number of amides is 1. The molecule has 0 saturated heterocycles. The molecule has 2 heterocycles. The van der Waals surface area contributed by atoms with Crippen molar-refractivity contribution in [2.45, 2.75) is 19.8 Å². The molecule has 0 atom stereocenters. The minimum atomic E-state index is -0.186. The van der Waals surface area contributed by atoms with Crippen LogP contribution in [0.4, 0.5) is 5.13 Å². The van der Waals surface area contributed by atoms with Crippen LogP contribution in [0.3, 0.4) is 0 Å². The molecule has 23 heavy (non-hydrogen) atoms. The lowest BCUT2D eigenvalue weighted by molar-refractivity contribution is 0.102. The quantitative estimate of drug-likeness (QED) is 0.788. The van der Waals surface area contributed by atoms with Crippen molar-refractivity contribution in [2.75, 3.05) is 5.32 Å². The maximum Gasteiger partial charge on any atom is 0.257 e. The Morgan fingerprint density at radius 3 is 2.57 bits per heavy atom. The topological polar surface area (TPSA) is 67.8 Å². The number of carbonyl (C=O) groups excluding carboxylic acids is 1. The van der Waals surface area contributed by atoms with Crippen LogP contribution in [0, 0.1) is 0 Å². The molecule has 0 saturated carbocycles. The number of hydrogen-bond donors (Lipinski definition) is 1. The summed E-state index contributed by atoms with van der Waals surface area (Å²) in [4.78, 5) is 16.3. The summed E-state index contributed by atoms with van der Waals surface area (Å²) in [6.07, 6.45) is 3.42. The third kappa shape index (κ3) is 3.60. The van der Waals surface area contributed by atoms with Crippen LogP contribution in [0.25, 0.3) is 10.6 Å². The van der Waals surface area contributed by atoms with Gasteiger partial charge in [0.1, 0.15) is 0 Å². The van der Waals surface area contributed by atoms with Crippen LogP contribution in [0.1, 0.15) is 35.7 Å². The minimum absolute atomic E-state index is 0.186. The largest absolute Gasteiger partial charge is 0.296 e. The SMILES string of the molecule is CC(C)c1ccc(C(=O)Nc2nnc(-c3cccnc3)s2)cc1. The van der Waals surface area contributed by atoms with Crippen LogP contribution < -0.4 is 5.32 Å². The standard InChI is InChI=1S/C17H16N4OS/c1-11(2)12-5-7-13(8-6-12)15(22)19-17-21-20-16(23-17)14-4-3-9-18-10-14/h3-11H,1-2H3,(H,19,21,22). The molecule has 0 aliphatic carbocycles. The fourth-order valence-corrected chi connectivity index (χ4v) is 2.80. The van der Waals surface area contributed by atoms with Gasteiger partial charge in [-0.25, -0.2) is 0 Å². The van der Waals surface area contributed by atoms with Gasteiger partial charge in [-0.15, -0.1) is 10.2 Å². The molecule has 3 rings (SSSR count). The van der Waals surface area contributed by atoms with E-state index in [0.29, 0.717) is 16.6 Å². The van der Waals surface area contributed by atoms with E-state index in [1.807, 2.05) is 36.4 Å². The Balaban J connectivity index is 1.72. The van der Waals surface area contributed by atoms with Gasteiger partial charge < -0.3 is 0 Å². The van der Waals surface area contributed by atoms with E-state index in [4.69, 9.17) is 0 Å². The van der Waals surface area contributed by atoms with E-state index in [0.717, 1.165) is 10.6 Å². The van der Waals surface area contributed by atoms with Gasteiger partial charge in [-0.05, 0) is 35.7 Å². The van der Waals surface area contributed by atoms with E-state index in [1.165, 1.54) is 16.9 Å². The Bertz CT molecular complexity index is 797. The minimum Gasteiger partial charge on any atom is -0.296 e. The summed E-state index contributed by atoms with van der Waals surface area (Å²) >= 11 is 1.32. The average molecular weight is 324 g/mol. The van der Waals surface area contributed by atoms with Gasteiger partial charge >= 0.3 is 0 Å². The highest BCUT2D eigenvalue weighted by atomic mass is 32.1. The van der Waals surface area contributed by atoms with E-state index in [1.54, 1.807) is 12.4 Å². The molecule has 0 bridgehead atoms. The van der Waals surface area contributed by atoms with Crippen LogP contribution in [0.5, 0.6) is 0 Å². The van der Waals surface area contributed by atoms with Crippen LogP contribution >= 0.6 is 11.3 Å². The molecule has 0 aliphatic rings. The summed E-state index contributed by atoms with van der Waals surface area (Å²) in [5.74, 6) is 0.256. The highest BCUT2D eigenvalue weighted by Gasteiger charge is 2.11. The van der Waals surface area contributed by atoms with E-state index >= 15 is 0 Å². The van der Waals surface area contributed by atoms with Crippen molar-refractivity contribution >= 4 is 22.4 Å². The lowest BCUT2D eigenvalue weighted by Crippen LogP contribution is -2.11. The molecular formula is C17H16N4OS. The first kappa shape index (κ1) is 15.3. The van der Waals surface area contributed by atoms with E-state index in [9.17, 15) is 4.79 Å². The zero-order valence-corrected chi connectivity index (χ0v) is 13.7. The second-order valence-electron chi connectivity index (χ2n) is 5.38. The summed E-state index contributed by atoms with van der Waals surface area (Å²) in [5.41, 5.74) is 2.69. The van der Waals surface area contributed by atoms with E-state index in [-0.39, 0.29) is 5.91 Å². The fourth-order valence-electron chi connectivity index (χ4n) is 2.07. The van der Waals surface area contributed by atoms with Crippen molar-refractivity contribution in [3.05, 3.63) is 59.9 Å². The number of rotatable bonds is 4. The molecule has 116 valence electrons. The van der Waals surface area contributed by atoms with Gasteiger partial charge in [0.05, 0.1) is 0 Å². The van der Waals surface area contributed by atoms with Gasteiger partial charge in [-0.3, -0.25) is 15.1 Å². The molecule has 6 heteroatoms. The van der Waals surface area contributed by atoms with Crippen molar-refractivity contribution in [2.24, 2.45) is 0 Å². The number of aromatic nitrogens is 3. The average Bonchev–Trinajstić information content (AvgIpc) is 3.04. The van der Waals surface area contributed by atoms with Crippen LogP contribution in [0.15, 0.2) is 48.8 Å². The fraction of sp³-hybridized carbons (Fsp3) is 0.176. The second kappa shape index (κ2) is 6.66. The molecule has 0 aliphatic heterocycles. The molecule has 3 aromatic rings. The Kier molecular flexibility index (Phi) is 4.43. The summed E-state index contributed by atoms with van der Waals surface area (Å²) in [7, 11) is 0. The molecule has 2 aromatic heterocycles. The Morgan fingerprint density at radius 1 is 1.13 bits per heavy atom. The predicted octanol–water partition coefficient (Wildman–Crippen LogP) is 3.98. The lowest BCUT2D eigenvalue weighted by atomic mass is 10.0. The van der Waals surface area contributed by atoms with Gasteiger partial charge in [0.15, 0.2) is 5.01 Å². The molecule has 0 fully saturated rings. The van der Waals surface area contributed by atoms with E-state index in [2.05, 4.69) is 34.3 Å². The van der Waals surface area contributed by atoms with Crippen LogP contribution in [-0.2, 0) is 0 Å². The molecule has 5 nitrogen and oxygen atoms in total. The zero-order valence-electron chi connectivity index (χ0n) is 12.9. The molecule has 0 radical (unpaired) electrons. The number of nitrogens with one attached hydrogen (secondary N) is 1. The molecule has 1 amide bonds. The maximum absolute atomic E-state index is 12.3. The molecule has 0 unspecified atom stereocenters. The number of hydrogen-bond acceptors (Lipinski definition) is 5. The third-order valence-electron chi connectivity index (χ3n) is 3.39. The van der Waals surface area contributed by atoms with Gasteiger partial charge in [0.2, 0.25) is 5.13 Å². The first-order valence-electron chi connectivity index (χ1n) is 7.28. The number of benzene rings is 1. The Morgan fingerprint density at radius 2 is 1.91 bits per heavy atom. The van der Waals surface area contributed by atoms with Crippen LogP contribution in [-0.4, -0.2) is 21.1 Å². The first-order valence-corrected chi connectivity index (χ1v) is 8.10. The summed E-state index contributed by atoms with van der Waals surface area (Å²) in [6, 6.07) is 11.3. The first-order chi connectivity index (χ1) is 11.1. The van der Waals surface area contributed by atoms with E-state index < -0.39 is 0 Å².